The van der Waals surface area contributed by atoms with Crippen LogP contribution in [-0.2, 0) is 19.2 Å². The Labute approximate surface area is 107 Å². The maximum Gasteiger partial charge on any atom is 0.414 e. The molecule has 1 aliphatic heterocycles. The first-order valence-corrected chi connectivity index (χ1v) is 5.58. The van der Waals surface area contributed by atoms with Crippen molar-refractivity contribution in [2.45, 2.75) is 12.6 Å². The zero-order valence-electron chi connectivity index (χ0n) is 10.3. The van der Waals surface area contributed by atoms with Crippen LogP contribution in [0.5, 0.6) is 0 Å². The fourth-order valence-electron chi connectivity index (χ4n) is 1.64. The van der Waals surface area contributed by atoms with Gasteiger partial charge in [0.1, 0.15) is 0 Å². The molecule has 0 aromatic carbocycles. The minimum atomic E-state index is -4.51. The molecular formula is C10H15F3N2O4. The Hall–Kier alpha value is -1.35. The molecule has 0 aromatic rings. The lowest BCUT2D eigenvalue weighted by Gasteiger charge is -2.15. The molecule has 1 rings (SSSR count). The Kier molecular flexibility index (Phi) is 5.55. The third kappa shape index (κ3) is 5.43. The van der Waals surface area contributed by atoms with Gasteiger partial charge >= 0.3 is 6.18 Å². The molecule has 110 valence electrons. The fourth-order valence-corrected chi connectivity index (χ4v) is 1.64. The molecule has 1 fully saturated rings. The number of methoxy groups -OCH3 is 1. The number of hydrogen-bond donors (Lipinski definition) is 1. The summed E-state index contributed by atoms with van der Waals surface area (Å²) in [5.41, 5.74) is 1.71. The average Bonchev–Trinajstić information content (AvgIpc) is 2.66. The molecule has 9 heteroatoms. The number of ether oxygens (including phenoxy) is 1. The number of likely N-dealkylation sites (tertiary alicyclic amines) is 1. The van der Waals surface area contributed by atoms with Gasteiger partial charge in [-0.25, -0.2) is 5.48 Å². The lowest BCUT2D eigenvalue weighted by Crippen LogP contribution is -2.36. The van der Waals surface area contributed by atoms with Crippen molar-refractivity contribution >= 4 is 11.8 Å². The Bertz CT molecular complexity index is 335. The summed E-state index contributed by atoms with van der Waals surface area (Å²) in [7, 11) is 1.48. The standard InChI is InChI=1S/C10H15F3N2O4/c1-18-3-2-15-5-7(4-8(15)16)9(17)14-19-6-10(11,12)13/h7H,2-6H2,1H3,(H,14,17). The third-order valence-corrected chi connectivity index (χ3v) is 2.56. The molecule has 0 radical (unpaired) electrons. The number of hydroxylamine groups is 1. The summed E-state index contributed by atoms with van der Waals surface area (Å²) in [6.45, 7) is -0.719. The van der Waals surface area contributed by atoms with Crippen LogP contribution >= 0.6 is 0 Å². The fraction of sp³-hybridized carbons (Fsp3) is 0.800. The summed E-state index contributed by atoms with van der Waals surface area (Å²) in [6, 6.07) is 0. The number of alkyl halides is 3. The van der Waals surface area contributed by atoms with Gasteiger partial charge in [0.05, 0.1) is 12.5 Å². The van der Waals surface area contributed by atoms with Crippen LogP contribution in [0.15, 0.2) is 0 Å². The van der Waals surface area contributed by atoms with Gasteiger partial charge in [-0.05, 0) is 0 Å². The highest BCUT2D eigenvalue weighted by atomic mass is 19.4. The van der Waals surface area contributed by atoms with Crippen molar-refractivity contribution in [3.8, 4) is 0 Å². The van der Waals surface area contributed by atoms with E-state index in [4.69, 9.17) is 4.74 Å². The van der Waals surface area contributed by atoms with Gasteiger partial charge in [0.15, 0.2) is 6.61 Å². The molecule has 0 aromatic heterocycles. The smallest absolute Gasteiger partial charge is 0.383 e. The van der Waals surface area contributed by atoms with Gasteiger partial charge in [-0.3, -0.25) is 14.4 Å². The van der Waals surface area contributed by atoms with Crippen LogP contribution in [0.1, 0.15) is 6.42 Å². The molecule has 0 bridgehead atoms. The van der Waals surface area contributed by atoms with E-state index in [1.165, 1.54) is 12.0 Å². The van der Waals surface area contributed by atoms with Crippen LogP contribution in [0.3, 0.4) is 0 Å². The van der Waals surface area contributed by atoms with Gasteiger partial charge in [0.2, 0.25) is 11.8 Å². The number of carbonyl (C=O) groups is 2. The predicted molar refractivity (Wildman–Crippen MR) is 56.7 cm³/mol. The molecule has 0 saturated carbocycles. The first-order valence-electron chi connectivity index (χ1n) is 5.58. The summed E-state index contributed by atoms with van der Waals surface area (Å²) >= 11 is 0. The molecule has 1 atom stereocenters. The van der Waals surface area contributed by atoms with Gasteiger partial charge < -0.3 is 9.64 Å². The van der Waals surface area contributed by atoms with Crippen molar-refractivity contribution in [2.24, 2.45) is 5.92 Å². The van der Waals surface area contributed by atoms with Crippen LogP contribution in [0.25, 0.3) is 0 Å². The average molecular weight is 284 g/mol. The Morgan fingerprint density at radius 3 is 2.79 bits per heavy atom. The van der Waals surface area contributed by atoms with Gasteiger partial charge in [0.25, 0.3) is 0 Å². The second-order valence-electron chi connectivity index (χ2n) is 4.10. The number of rotatable bonds is 6. The van der Waals surface area contributed by atoms with Crippen molar-refractivity contribution in [3.63, 3.8) is 0 Å². The SMILES string of the molecule is COCCN1CC(C(=O)NOCC(F)(F)F)CC1=O. The van der Waals surface area contributed by atoms with Crippen molar-refractivity contribution in [1.82, 2.24) is 10.4 Å². The highest BCUT2D eigenvalue weighted by molar-refractivity contribution is 5.88. The normalized spacial score (nSPS) is 19.9. The molecule has 1 heterocycles. The van der Waals surface area contributed by atoms with Crippen LogP contribution < -0.4 is 5.48 Å². The zero-order valence-corrected chi connectivity index (χ0v) is 10.3. The number of amides is 2. The quantitative estimate of drug-likeness (QED) is 0.702. The Balaban J connectivity index is 2.32. The minimum Gasteiger partial charge on any atom is -0.383 e. The van der Waals surface area contributed by atoms with Gasteiger partial charge in [-0.1, -0.05) is 0 Å². The number of hydrogen-bond acceptors (Lipinski definition) is 4. The van der Waals surface area contributed by atoms with Crippen LogP contribution in [0.4, 0.5) is 13.2 Å². The zero-order chi connectivity index (χ0) is 14.5. The topological polar surface area (TPSA) is 67.9 Å². The van der Waals surface area contributed by atoms with E-state index < -0.39 is 24.6 Å². The van der Waals surface area contributed by atoms with E-state index in [1.54, 1.807) is 5.48 Å². The summed E-state index contributed by atoms with van der Waals surface area (Å²) < 4.78 is 40.2. The van der Waals surface area contributed by atoms with Crippen molar-refractivity contribution in [2.75, 3.05) is 33.4 Å². The summed E-state index contributed by atoms with van der Waals surface area (Å²) in [5.74, 6) is -1.65. The minimum absolute atomic E-state index is 0.0368. The van der Waals surface area contributed by atoms with E-state index in [2.05, 4.69) is 4.84 Å². The lowest BCUT2D eigenvalue weighted by molar-refractivity contribution is -0.192. The number of nitrogens with one attached hydrogen (secondary N) is 1. The van der Waals surface area contributed by atoms with E-state index in [0.717, 1.165) is 0 Å². The van der Waals surface area contributed by atoms with E-state index in [-0.39, 0.29) is 18.9 Å². The van der Waals surface area contributed by atoms with E-state index >= 15 is 0 Å². The van der Waals surface area contributed by atoms with Gasteiger partial charge in [0, 0.05) is 26.6 Å². The first-order chi connectivity index (χ1) is 8.83. The van der Waals surface area contributed by atoms with Crippen molar-refractivity contribution in [1.29, 1.82) is 0 Å². The number of nitrogens with zero attached hydrogens (tertiary/aromatic N) is 1. The predicted octanol–water partition coefficient (Wildman–Crippen LogP) is 0.0914. The van der Waals surface area contributed by atoms with E-state index in [9.17, 15) is 22.8 Å². The highest BCUT2D eigenvalue weighted by Crippen LogP contribution is 2.18. The second-order valence-corrected chi connectivity index (χ2v) is 4.10. The Morgan fingerprint density at radius 1 is 1.53 bits per heavy atom. The van der Waals surface area contributed by atoms with Crippen LogP contribution in [0.2, 0.25) is 0 Å². The van der Waals surface area contributed by atoms with Gasteiger partial charge in [-0.15, -0.1) is 0 Å². The maximum atomic E-state index is 11.8. The molecule has 2 amide bonds. The lowest BCUT2D eigenvalue weighted by atomic mass is 10.1. The number of halogens is 3. The van der Waals surface area contributed by atoms with E-state index in [0.29, 0.717) is 13.2 Å². The van der Waals surface area contributed by atoms with E-state index in [1.807, 2.05) is 0 Å². The van der Waals surface area contributed by atoms with Crippen molar-refractivity contribution < 1.29 is 32.3 Å². The molecular weight excluding hydrogens is 269 g/mol. The second kappa shape index (κ2) is 6.71. The summed E-state index contributed by atoms with van der Waals surface area (Å²) in [6.07, 6.45) is -4.55. The molecule has 1 unspecified atom stereocenters. The highest BCUT2D eigenvalue weighted by Gasteiger charge is 2.35. The first kappa shape index (κ1) is 15.7. The monoisotopic (exact) mass is 284 g/mol. The summed E-state index contributed by atoms with van der Waals surface area (Å²) in [5, 5.41) is 0. The molecule has 19 heavy (non-hydrogen) atoms. The molecule has 0 spiro atoms. The molecule has 1 saturated heterocycles. The molecule has 6 nitrogen and oxygen atoms in total. The summed E-state index contributed by atoms with van der Waals surface area (Å²) in [4.78, 5) is 28.5. The van der Waals surface area contributed by atoms with Crippen LogP contribution in [0, 0.1) is 5.92 Å². The largest absolute Gasteiger partial charge is 0.414 e. The van der Waals surface area contributed by atoms with Crippen LogP contribution in [-0.4, -0.2) is 56.3 Å². The maximum absolute atomic E-state index is 11.8. The number of carbonyl (C=O) groups excluding carboxylic acids is 2. The molecule has 0 aliphatic carbocycles. The van der Waals surface area contributed by atoms with Crippen molar-refractivity contribution in [3.05, 3.63) is 0 Å². The molecule has 1 N–H and O–H groups in total. The molecule has 1 aliphatic rings. The third-order valence-electron chi connectivity index (χ3n) is 2.56. The Morgan fingerprint density at radius 2 is 2.21 bits per heavy atom. The van der Waals surface area contributed by atoms with Gasteiger partial charge in [-0.2, -0.15) is 13.2 Å².